The Morgan fingerprint density at radius 3 is 2.30 bits per heavy atom. The van der Waals surface area contributed by atoms with Crippen molar-refractivity contribution in [1.82, 2.24) is 9.21 Å². The molecule has 0 spiro atoms. The molecule has 3 aromatic rings. The number of benzene rings is 3. The molecule has 0 radical (unpaired) electrons. The second-order valence-electron chi connectivity index (χ2n) is 12.9. The van der Waals surface area contributed by atoms with Crippen LogP contribution in [0.1, 0.15) is 56.0 Å². The highest BCUT2D eigenvalue weighted by Crippen LogP contribution is 2.30. The number of rotatable bonds is 10. The van der Waals surface area contributed by atoms with Crippen LogP contribution in [0.2, 0.25) is 0 Å². The van der Waals surface area contributed by atoms with Gasteiger partial charge in [0, 0.05) is 38.3 Å². The Kier molecular flexibility index (Phi) is 13.3. The zero-order chi connectivity index (χ0) is 36.6. The minimum Gasteiger partial charge on any atom is -0.497 e. The summed E-state index contributed by atoms with van der Waals surface area (Å²) in [5, 5.41) is 10.2. The van der Waals surface area contributed by atoms with Crippen LogP contribution in [-0.2, 0) is 24.8 Å². The summed E-state index contributed by atoms with van der Waals surface area (Å²) in [6.07, 6.45) is 1.26. The molecule has 1 aliphatic heterocycles. The van der Waals surface area contributed by atoms with E-state index in [-0.39, 0.29) is 58.5 Å². The van der Waals surface area contributed by atoms with Gasteiger partial charge in [-0.15, -0.1) is 0 Å². The van der Waals surface area contributed by atoms with Gasteiger partial charge in [0.05, 0.1) is 47.3 Å². The predicted molar refractivity (Wildman–Crippen MR) is 192 cm³/mol. The van der Waals surface area contributed by atoms with E-state index in [1.807, 2.05) is 20.8 Å². The number of ether oxygens (including phenoxy) is 3. The molecule has 4 rings (SSSR count). The highest BCUT2D eigenvalue weighted by molar-refractivity contribution is 7.92. The lowest BCUT2D eigenvalue weighted by Crippen LogP contribution is -2.48. The molecule has 1 amide bonds. The Morgan fingerprint density at radius 1 is 1.00 bits per heavy atom. The first-order valence-electron chi connectivity index (χ1n) is 16.7. The maximum absolute atomic E-state index is 14.4. The summed E-state index contributed by atoms with van der Waals surface area (Å²) in [4.78, 5) is 16.1. The van der Waals surface area contributed by atoms with Gasteiger partial charge in [0.2, 0.25) is 10.0 Å². The van der Waals surface area contributed by atoms with Crippen molar-refractivity contribution in [3.05, 3.63) is 77.9 Å². The zero-order valence-corrected chi connectivity index (χ0v) is 31.2. The van der Waals surface area contributed by atoms with E-state index in [0.29, 0.717) is 25.2 Å². The van der Waals surface area contributed by atoms with Crippen molar-refractivity contribution in [1.29, 1.82) is 0 Å². The van der Waals surface area contributed by atoms with Gasteiger partial charge in [-0.3, -0.25) is 9.52 Å². The van der Waals surface area contributed by atoms with Crippen LogP contribution in [0, 0.1) is 12.8 Å². The molecule has 2 N–H and O–H groups in total. The Bertz CT molecular complexity index is 1800. The van der Waals surface area contributed by atoms with E-state index in [9.17, 15) is 26.7 Å². The Morgan fingerprint density at radius 2 is 1.66 bits per heavy atom. The van der Waals surface area contributed by atoms with E-state index >= 15 is 0 Å². The molecule has 0 fully saturated rings. The number of nitrogens with one attached hydrogen (secondary N) is 1. The molecule has 50 heavy (non-hydrogen) atoms. The number of nitrogens with zero attached hydrogens (tertiary/aromatic N) is 2. The number of fused-ring (bicyclic) bond motifs is 1. The number of aliphatic hydroxyl groups is 1. The third-order valence-corrected chi connectivity index (χ3v) is 12.1. The van der Waals surface area contributed by atoms with E-state index in [1.165, 1.54) is 41.6 Å². The molecule has 1 aliphatic rings. The van der Waals surface area contributed by atoms with Gasteiger partial charge in [-0.05, 0) is 94.6 Å². The van der Waals surface area contributed by atoms with Gasteiger partial charge in [-0.25, -0.2) is 16.8 Å². The number of sulfonamides is 2. The number of carbonyl (C=O) groups excluding carboxylic acids is 1. The third-order valence-electron chi connectivity index (χ3n) is 8.84. The molecule has 0 bridgehead atoms. The fraction of sp³-hybridized carbons (Fsp3) is 0.472. The molecule has 4 atom stereocenters. The summed E-state index contributed by atoms with van der Waals surface area (Å²) >= 11 is 0. The first-order valence-corrected chi connectivity index (χ1v) is 19.6. The molecule has 14 heteroatoms. The molecule has 0 unspecified atom stereocenters. The van der Waals surface area contributed by atoms with E-state index in [2.05, 4.69) is 4.72 Å². The van der Waals surface area contributed by atoms with Gasteiger partial charge in [0.15, 0.2) is 0 Å². The highest BCUT2D eigenvalue weighted by Gasteiger charge is 2.32. The molecular weight excluding hydrogens is 683 g/mol. The second kappa shape index (κ2) is 17.0. The molecule has 0 aromatic heterocycles. The number of aliphatic hydroxyl groups excluding tert-OH is 1. The highest BCUT2D eigenvalue weighted by atomic mass is 32.2. The van der Waals surface area contributed by atoms with Crippen molar-refractivity contribution in [2.45, 2.75) is 75.0 Å². The fourth-order valence-electron chi connectivity index (χ4n) is 5.66. The molecule has 3 aromatic carbocycles. The standard InChI is InChI=1S/C36H49N3O9S2/c1-25-10-15-32(16-11-25)50(44,45)38(5)23-35-26(2)22-39(27(3)24-40)36(41)33-21-29(12-19-34(33)48-28(4)9-7-8-20-47-35)37-49(42,43)31-17-13-30(46-6)14-18-31/h10-19,21,26-28,35,37,40H,7-9,20,22-24H2,1-6H3/t26-,27+,28-,35+/m1/s1. The predicted octanol–water partition coefficient (Wildman–Crippen LogP) is 4.92. The van der Waals surface area contributed by atoms with Crippen LogP contribution in [0.4, 0.5) is 5.69 Å². The normalized spacial score (nSPS) is 20.4. The largest absolute Gasteiger partial charge is 0.497 e. The topological polar surface area (TPSA) is 152 Å². The van der Waals surface area contributed by atoms with Crippen molar-refractivity contribution in [3.8, 4) is 11.5 Å². The number of methoxy groups -OCH3 is 1. The minimum atomic E-state index is -4.02. The van der Waals surface area contributed by atoms with Crippen LogP contribution in [0.3, 0.4) is 0 Å². The van der Waals surface area contributed by atoms with Crippen LogP contribution >= 0.6 is 0 Å². The Balaban J connectivity index is 1.67. The number of carbonyl (C=O) groups is 1. The van der Waals surface area contributed by atoms with Crippen LogP contribution in [-0.4, -0.2) is 95.8 Å². The van der Waals surface area contributed by atoms with Gasteiger partial charge < -0.3 is 24.2 Å². The van der Waals surface area contributed by atoms with Gasteiger partial charge in [-0.2, -0.15) is 4.31 Å². The van der Waals surface area contributed by atoms with E-state index in [4.69, 9.17) is 14.2 Å². The Hall–Kier alpha value is -3.69. The van der Waals surface area contributed by atoms with Crippen molar-refractivity contribution < 1.29 is 40.9 Å². The van der Waals surface area contributed by atoms with Gasteiger partial charge in [0.1, 0.15) is 11.5 Å². The van der Waals surface area contributed by atoms with Crippen molar-refractivity contribution in [2.75, 3.05) is 45.2 Å². The third kappa shape index (κ3) is 9.75. The minimum absolute atomic E-state index is 0.0133. The van der Waals surface area contributed by atoms with E-state index in [1.54, 1.807) is 55.5 Å². The average molecular weight is 732 g/mol. The molecule has 0 saturated carbocycles. The zero-order valence-electron chi connectivity index (χ0n) is 29.5. The molecule has 0 aliphatic carbocycles. The molecule has 274 valence electrons. The van der Waals surface area contributed by atoms with Crippen molar-refractivity contribution in [2.24, 2.45) is 5.92 Å². The second-order valence-corrected chi connectivity index (χ2v) is 16.6. The molecular formula is C36H49N3O9S2. The lowest BCUT2D eigenvalue weighted by atomic mass is 10.0. The fourth-order valence-corrected chi connectivity index (χ4v) is 7.89. The van der Waals surface area contributed by atoms with Crippen LogP contribution < -0.4 is 14.2 Å². The van der Waals surface area contributed by atoms with Crippen molar-refractivity contribution in [3.63, 3.8) is 0 Å². The van der Waals surface area contributed by atoms with Gasteiger partial charge >= 0.3 is 0 Å². The number of aryl methyl sites for hydroxylation is 1. The first-order chi connectivity index (χ1) is 23.7. The van der Waals surface area contributed by atoms with Crippen LogP contribution in [0.25, 0.3) is 0 Å². The summed E-state index contributed by atoms with van der Waals surface area (Å²) < 4.78 is 75.0. The van der Waals surface area contributed by atoms with E-state index < -0.39 is 38.1 Å². The lowest BCUT2D eigenvalue weighted by Gasteiger charge is -2.35. The summed E-state index contributed by atoms with van der Waals surface area (Å²) in [6, 6.07) is 16.5. The van der Waals surface area contributed by atoms with Gasteiger partial charge in [-0.1, -0.05) is 24.6 Å². The Labute approximate surface area is 296 Å². The molecule has 1 heterocycles. The number of hydrogen-bond donors (Lipinski definition) is 2. The quantitative estimate of drug-likeness (QED) is 0.296. The van der Waals surface area contributed by atoms with Crippen molar-refractivity contribution >= 4 is 31.6 Å². The number of hydrogen-bond acceptors (Lipinski definition) is 9. The SMILES string of the molecule is COc1ccc(S(=O)(=O)Nc2ccc3c(c2)C(=O)N([C@@H](C)CO)C[C@@H](C)[C@H](CN(C)S(=O)(=O)c2ccc(C)cc2)OCCCC[C@@H](C)O3)cc1. The molecule has 0 saturated heterocycles. The van der Waals surface area contributed by atoms with Crippen LogP contribution in [0.15, 0.2) is 76.5 Å². The smallest absolute Gasteiger partial charge is 0.261 e. The number of likely N-dealkylation sites (N-methyl/N-ethyl adjacent to an activating group) is 1. The van der Waals surface area contributed by atoms with Crippen LogP contribution in [0.5, 0.6) is 11.5 Å². The maximum atomic E-state index is 14.4. The monoisotopic (exact) mass is 731 g/mol. The summed E-state index contributed by atoms with van der Waals surface area (Å²) in [6.45, 7) is 7.56. The summed E-state index contributed by atoms with van der Waals surface area (Å²) in [5.41, 5.74) is 1.22. The first kappa shape index (κ1) is 39.1. The maximum Gasteiger partial charge on any atom is 0.261 e. The molecule has 12 nitrogen and oxygen atoms in total. The van der Waals surface area contributed by atoms with Gasteiger partial charge in [0.25, 0.3) is 15.9 Å². The lowest BCUT2D eigenvalue weighted by molar-refractivity contribution is -0.00833. The number of anilines is 1. The summed E-state index contributed by atoms with van der Waals surface area (Å²) in [7, 11) is -4.84. The van der Waals surface area contributed by atoms with E-state index in [0.717, 1.165) is 12.0 Å². The number of amides is 1. The average Bonchev–Trinajstić information content (AvgIpc) is 3.09. The summed E-state index contributed by atoms with van der Waals surface area (Å²) in [5.74, 6) is -0.0627.